The van der Waals surface area contributed by atoms with Crippen molar-refractivity contribution in [2.24, 2.45) is 0 Å². The van der Waals surface area contributed by atoms with E-state index >= 15 is 0 Å². The lowest BCUT2D eigenvalue weighted by Gasteiger charge is -1.89. The van der Waals surface area contributed by atoms with Gasteiger partial charge in [0.05, 0.1) is 10.6 Å². The SMILES string of the molecule is N#Cc1cnc2[nH]cc(Cl)c2c1. The standard InChI is InChI=1S/C8H4ClN3/c9-7-4-12-8-6(7)1-5(2-10)3-11-8/h1,3-4H,(H,11,12). The molecule has 0 saturated carbocycles. The van der Waals surface area contributed by atoms with Gasteiger partial charge in [-0.1, -0.05) is 11.6 Å². The monoisotopic (exact) mass is 177 g/mol. The van der Waals surface area contributed by atoms with Crippen molar-refractivity contribution in [1.29, 1.82) is 5.26 Å². The Kier molecular flexibility index (Phi) is 1.49. The van der Waals surface area contributed by atoms with Crippen LogP contribution in [-0.2, 0) is 0 Å². The Bertz CT molecular complexity index is 467. The van der Waals surface area contributed by atoms with Crippen molar-refractivity contribution < 1.29 is 0 Å². The van der Waals surface area contributed by atoms with Gasteiger partial charge in [-0.3, -0.25) is 0 Å². The van der Waals surface area contributed by atoms with Crippen LogP contribution in [0.4, 0.5) is 0 Å². The largest absolute Gasteiger partial charge is 0.345 e. The van der Waals surface area contributed by atoms with Crippen molar-refractivity contribution in [3.05, 3.63) is 29.0 Å². The molecule has 2 aromatic rings. The summed E-state index contributed by atoms with van der Waals surface area (Å²) in [5.74, 6) is 0. The fourth-order valence-electron chi connectivity index (χ4n) is 1.03. The molecule has 0 aliphatic heterocycles. The first kappa shape index (κ1) is 7.14. The van der Waals surface area contributed by atoms with Crippen LogP contribution in [0.1, 0.15) is 5.56 Å². The fourth-order valence-corrected chi connectivity index (χ4v) is 1.23. The molecule has 4 heteroatoms. The van der Waals surface area contributed by atoms with Gasteiger partial charge in [-0.25, -0.2) is 4.98 Å². The van der Waals surface area contributed by atoms with Crippen molar-refractivity contribution in [3.8, 4) is 6.07 Å². The Morgan fingerprint density at radius 2 is 2.42 bits per heavy atom. The molecule has 58 valence electrons. The second-order valence-electron chi connectivity index (χ2n) is 2.37. The Balaban J connectivity index is 2.82. The number of nitrogens with zero attached hydrogens (tertiary/aromatic N) is 2. The van der Waals surface area contributed by atoms with E-state index < -0.39 is 0 Å². The third-order valence-corrected chi connectivity index (χ3v) is 1.92. The zero-order valence-corrected chi connectivity index (χ0v) is 6.76. The Morgan fingerprint density at radius 3 is 3.17 bits per heavy atom. The molecular formula is C8H4ClN3. The van der Waals surface area contributed by atoms with Crippen molar-refractivity contribution >= 4 is 22.6 Å². The first-order valence-corrected chi connectivity index (χ1v) is 3.72. The number of aromatic amines is 1. The number of hydrogen-bond acceptors (Lipinski definition) is 2. The lowest BCUT2D eigenvalue weighted by atomic mass is 10.2. The van der Waals surface area contributed by atoms with Crippen LogP contribution in [0.15, 0.2) is 18.5 Å². The van der Waals surface area contributed by atoms with Crippen LogP contribution in [-0.4, -0.2) is 9.97 Å². The number of fused-ring (bicyclic) bond motifs is 1. The van der Waals surface area contributed by atoms with Crippen LogP contribution in [0.2, 0.25) is 5.02 Å². The lowest BCUT2D eigenvalue weighted by Crippen LogP contribution is -1.78. The van der Waals surface area contributed by atoms with E-state index in [0.29, 0.717) is 16.2 Å². The molecule has 0 spiro atoms. The summed E-state index contributed by atoms with van der Waals surface area (Å²) in [6.07, 6.45) is 3.16. The summed E-state index contributed by atoms with van der Waals surface area (Å²) in [5.41, 5.74) is 1.23. The topological polar surface area (TPSA) is 52.5 Å². The molecule has 0 aliphatic rings. The summed E-state index contributed by atoms with van der Waals surface area (Å²) in [7, 11) is 0. The van der Waals surface area contributed by atoms with Gasteiger partial charge in [0.25, 0.3) is 0 Å². The van der Waals surface area contributed by atoms with E-state index in [9.17, 15) is 0 Å². The molecule has 2 heterocycles. The average Bonchev–Trinajstić information content (AvgIpc) is 2.47. The van der Waals surface area contributed by atoms with Crippen LogP contribution < -0.4 is 0 Å². The molecule has 3 nitrogen and oxygen atoms in total. The first-order chi connectivity index (χ1) is 5.81. The number of halogens is 1. The molecule has 0 saturated heterocycles. The van der Waals surface area contributed by atoms with Gasteiger partial charge in [0, 0.05) is 17.8 Å². The second-order valence-corrected chi connectivity index (χ2v) is 2.78. The summed E-state index contributed by atoms with van der Waals surface area (Å²) < 4.78 is 0. The van der Waals surface area contributed by atoms with Gasteiger partial charge < -0.3 is 4.98 Å². The summed E-state index contributed by atoms with van der Waals surface area (Å²) in [4.78, 5) is 6.90. The van der Waals surface area contributed by atoms with E-state index in [2.05, 4.69) is 9.97 Å². The number of pyridine rings is 1. The summed E-state index contributed by atoms with van der Waals surface area (Å²) in [5, 5.41) is 9.96. The molecule has 1 N–H and O–H groups in total. The van der Waals surface area contributed by atoms with Gasteiger partial charge in [-0.05, 0) is 6.07 Å². The number of nitrogens with one attached hydrogen (secondary N) is 1. The van der Waals surface area contributed by atoms with E-state index in [1.807, 2.05) is 6.07 Å². The van der Waals surface area contributed by atoms with Crippen LogP contribution in [0, 0.1) is 11.3 Å². The molecule has 2 aromatic heterocycles. The Labute approximate surface area is 73.6 Å². The van der Waals surface area contributed by atoms with Gasteiger partial charge in [-0.15, -0.1) is 0 Å². The van der Waals surface area contributed by atoms with E-state index in [1.165, 1.54) is 6.20 Å². The van der Waals surface area contributed by atoms with Gasteiger partial charge in [0.2, 0.25) is 0 Å². The van der Waals surface area contributed by atoms with Crippen LogP contribution in [0.25, 0.3) is 11.0 Å². The third kappa shape index (κ3) is 0.936. The molecule has 0 unspecified atom stereocenters. The minimum atomic E-state index is 0.518. The highest BCUT2D eigenvalue weighted by atomic mass is 35.5. The highest BCUT2D eigenvalue weighted by Crippen LogP contribution is 2.21. The molecule has 2 rings (SSSR count). The van der Waals surface area contributed by atoms with Crippen LogP contribution >= 0.6 is 11.6 Å². The van der Waals surface area contributed by atoms with Gasteiger partial charge >= 0.3 is 0 Å². The van der Waals surface area contributed by atoms with Gasteiger partial charge in [0.1, 0.15) is 11.7 Å². The number of nitriles is 1. The number of hydrogen-bond donors (Lipinski definition) is 1. The third-order valence-electron chi connectivity index (χ3n) is 1.61. The molecule has 0 bridgehead atoms. The summed E-state index contributed by atoms with van der Waals surface area (Å²) in [6.45, 7) is 0. The zero-order valence-electron chi connectivity index (χ0n) is 6.00. The maximum atomic E-state index is 8.58. The molecule has 0 radical (unpaired) electrons. The van der Waals surface area contributed by atoms with Crippen LogP contribution in [0.5, 0.6) is 0 Å². The van der Waals surface area contributed by atoms with E-state index in [0.717, 1.165) is 5.39 Å². The van der Waals surface area contributed by atoms with Gasteiger partial charge in [-0.2, -0.15) is 5.26 Å². The van der Waals surface area contributed by atoms with E-state index in [1.54, 1.807) is 12.3 Å². The predicted octanol–water partition coefficient (Wildman–Crippen LogP) is 2.09. The molecule has 0 amide bonds. The highest BCUT2D eigenvalue weighted by molar-refractivity contribution is 6.35. The number of H-pyrrole nitrogens is 1. The van der Waals surface area contributed by atoms with Crippen molar-refractivity contribution in [2.75, 3.05) is 0 Å². The maximum absolute atomic E-state index is 8.58. The molecule has 12 heavy (non-hydrogen) atoms. The smallest absolute Gasteiger partial charge is 0.138 e. The fraction of sp³-hybridized carbons (Fsp3) is 0. The first-order valence-electron chi connectivity index (χ1n) is 3.34. The minimum absolute atomic E-state index is 0.518. The highest BCUT2D eigenvalue weighted by Gasteiger charge is 2.02. The van der Waals surface area contributed by atoms with E-state index in [-0.39, 0.29) is 0 Å². The maximum Gasteiger partial charge on any atom is 0.138 e. The van der Waals surface area contributed by atoms with Gasteiger partial charge in [0.15, 0.2) is 0 Å². The quantitative estimate of drug-likeness (QED) is 0.670. The summed E-state index contributed by atoms with van der Waals surface area (Å²) in [6, 6.07) is 3.71. The Hall–Kier alpha value is -1.53. The van der Waals surface area contributed by atoms with Crippen molar-refractivity contribution in [3.63, 3.8) is 0 Å². The number of aromatic nitrogens is 2. The molecule has 0 atom stereocenters. The zero-order chi connectivity index (χ0) is 8.55. The Morgan fingerprint density at radius 1 is 1.58 bits per heavy atom. The summed E-state index contributed by atoms with van der Waals surface area (Å²) >= 11 is 5.82. The predicted molar refractivity (Wildman–Crippen MR) is 45.8 cm³/mol. The normalized spacial score (nSPS) is 10.0. The van der Waals surface area contributed by atoms with E-state index in [4.69, 9.17) is 16.9 Å². The minimum Gasteiger partial charge on any atom is -0.345 e. The number of rotatable bonds is 0. The average molecular weight is 178 g/mol. The molecule has 0 aliphatic carbocycles. The lowest BCUT2D eigenvalue weighted by molar-refractivity contribution is 1.31. The molecular weight excluding hydrogens is 174 g/mol. The van der Waals surface area contributed by atoms with Crippen molar-refractivity contribution in [1.82, 2.24) is 9.97 Å². The molecule has 0 fully saturated rings. The van der Waals surface area contributed by atoms with Crippen LogP contribution in [0.3, 0.4) is 0 Å². The van der Waals surface area contributed by atoms with Crippen molar-refractivity contribution in [2.45, 2.75) is 0 Å². The second kappa shape index (κ2) is 2.50. The molecule has 0 aromatic carbocycles.